The van der Waals surface area contributed by atoms with Gasteiger partial charge in [0.05, 0.1) is 12.0 Å². The minimum Gasteiger partial charge on any atom is -0.444 e. The number of nitrogens with zero attached hydrogens (tertiary/aromatic N) is 2. The fourth-order valence-corrected chi connectivity index (χ4v) is 1.69. The molecule has 0 aromatic carbocycles. The summed E-state index contributed by atoms with van der Waals surface area (Å²) in [5.74, 6) is 0. The number of imidazole rings is 1. The van der Waals surface area contributed by atoms with Crippen LogP contribution in [-0.2, 0) is 11.3 Å². The highest BCUT2D eigenvalue weighted by molar-refractivity contribution is 5.68. The van der Waals surface area contributed by atoms with Gasteiger partial charge in [-0.05, 0) is 34.6 Å². The molecule has 6 nitrogen and oxygen atoms in total. The van der Waals surface area contributed by atoms with Crippen molar-refractivity contribution in [3.8, 4) is 0 Å². The van der Waals surface area contributed by atoms with Crippen LogP contribution >= 0.6 is 0 Å². The van der Waals surface area contributed by atoms with Crippen LogP contribution in [0.15, 0.2) is 6.33 Å². The molecular weight excluding hydrogens is 256 g/mol. The van der Waals surface area contributed by atoms with Gasteiger partial charge in [-0.25, -0.2) is 9.78 Å². The molecule has 1 heterocycles. The fourth-order valence-electron chi connectivity index (χ4n) is 1.69. The third kappa shape index (κ3) is 5.61. The molecule has 0 aliphatic rings. The van der Waals surface area contributed by atoms with Gasteiger partial charge < -0.3 is 19.9 Å². The highest BCUT2D eigenvalue weighted by Crippen LogP contribution is 2.09. The van der Waals surface area contributed by atoms with E-state index in [-0.39, 0.29) is 6.09 Å². The second kappa shape index (κ2) is 7.28. The Balaban J connectivity index is 2.31. The van der Waals surface area contributed by atoms with Crippen molar-refractivity contribution < 1.29 is 9.53 Å². The second-order valence-electron chi connectivity index (χ2n) is 5.71. The Bertz CT molecular complexity index is 423. The standard InChI is InChI=1S/C14H26N4O2/c1-6-18(13(19)20-14(3,4)5)8-7-15-9-12-11(2)16-10-17-12/h10,15H,6-9H2,1-5H3,(H,16,17). The fraction of sp³-hybridized carbons (Fsp3) is 0.714. The molecule has 0 aliphatic carbocycles. The first-order valence-corrected chi connectivity index (χ1v) is 7.01. The Morgan fingerprint density at radius 3 is 2.70 bits per heavy atom. The summed E-state index contributed by atoms with van der Waals surface area (Å²) < 4.78 is 5.35. The van der Waals surface area contributed by atoms with E-state index in [1.165, 1.54) is 0 Å². The highest BCUT2D eigenvalue weighted by atomic mass is 16.6. The van der Waals surface area contributed by atoms with E-state index >= 15 is 0 Å². The van der Waals surface area contributed by atoms with Crippen LogP contribution in [0.5, 0.6) is 0 Å². The number of hydrogen-bond donors (Lipinski definition) is 2. The van der Waals surface area contributed by atoms with Crippen LogP contribution in [0.25, 0.3) is 0 Å². The van der Waals surface area contributed by atoms with Crippen LogP contribution in [0.1, 0.15) is 39.1 Å². The third-order valence-corrected chi connectivity index (χ3v) is 2.82. The molecule has 20 heavy (non-hydrogen) atoms. The van der Waals surface area contributed by atoms with Crippen molar-refractivity contribution in [2.45, 2.75) is 46.8 Å². The Morgan fingerprint density at radius 1 is 1.50 bits per heavy atom. The molecule has 0 spiro atoms. The van der Waals surface area contributed by atoms with Crippen LogP contribution in [0.4, 0.5) is 4.79 Å². The normalized spacial score (nSPS) is 11.4. The van der Waals surface area contributed by atoms with Crippen molar-refractivity contribution in [2.24, 2.45) is 0 Å². The van der Waals surface area contributed by atoms with E-state index in [1.54, 1.807) is 11.2 Å². The van der Waals surface area contributed by atoms with Gasteiger partial charge in [-0.3, -0.25) is 0 Å². The Hall–Kier alpha value is -1.56. The molecule has 2 N–H and O–H groups in total. The van der Waals surface area contributed by atoms with Crippen molar-refractivity contribution in [3.63, 3.8) is 0 Å². The van der Waals surface area contributed by atoms with Crippen LogP contribution in [0.3, 0.4) is 0 Å². The van der Waals surface area contributed by atoms with Crippen molar-refractivity contribution in [1.82, 2.24) is 20.2 Å². The minimum atomic E-state index is -0.454. The number of aromatic amines is 1. The summed E-state index contributed by atoms with van der Waals surface area (Å²) in [5, 5.41) is 3.28. The van der Waals surface area contributed by atoms with Crippen LogP contribution in [0, 0.1) is 6.92 Å². The van der Waals surface area contributed by atoms with Gasteiger partial charge in [-0.2, -0.15) is 0 Å². The molecule has 1 rings (SSSR count). The number of ether oxygens (including phenoxy) is 1. The van der Waals surface area contributed by atoms with Gasteiger partial charge in [-0.15, -0.1) is 0 Å². The lowest BCUT2D eigenvalue weighted by Gasteiger charge is -2.26. The lowest BCUT2D eigenvalue weighted by atomic mass is 10.2. The molecule has 114 valence electrons. The molecule has 6 heteroatoms. The molecular formula is C14H26N4O2. The lowest BCUT2D eigenvalue weighted by Crippen LogP contribution is -2.40. The molecule has 0 saturated heterocycles. The summed E-state index contributed by atoms with van der Waals surface area (Å²) in [4.78, 5) is 20.9. The number of aryl methyl sites for hydroxylation is 1. The predicted octanol–water partition coefficient (Wildman–Crippen LogP) is 2.06. The van der Waals surface area contributed by atoms with Crippen molar-refractivity contribution in [2.75, 3.05) is 19.6 Å². The first-order chi connectivity index (χ1) is 9.33. The quantitative estimate of drug-likeness (QED) is 0.784. The maximum atomic E-state index is 11.9. The first kappa shape index (κ1) is 16.5. The van der Waals surface area contributed by atoms with E-state index in [2.05, 4.69) is 15.3 Å². The van der Waals surface area contributed by atoms with Gasteiger partial charge >= 0.3 is 6.09 Å². The summed E-state index contributed by atoms with van der Waals surface area (Å²) in [7, 11) is 0. The molecule has 1 amide bonds. The topological polar surface area (TPSA) is 70.2 Å². The number of hydrogen-bond acceptors (Lipinski definition) is 4. The van der Waals surface area contributed by atoms with Gasteiger partial charge in [0.2, 0.25) is 0 Å². The number of carbonyl (C=O) groups is 1. The SMILES string of the molecule is CCN(CCNCc1nc[nH]c1C)C(=O)OC(C)(C)C. The Labute approximate surface area is 120 Å². The monoisotopic (exact) mass is 282 g/mol. The summed E-state index contributed by atoms with van der Waals surface area (Å²) >= 11 is 0. The zero-order valence-corrected chi connectivity index (χ0v) is 13.1. The van der Waals surface area contributed by atoms with Crippen molar-refractivity contribution in [3.05, 3.63) is 17.7 Å². The molecule has 0 fully saturated rings. The summed E-state index contributed by atoms with van der Waals surface area (Å²) in [6.45, 7) is 12.2. The zero-order chi connectivity index (χ0) is 15.2. The van der Waals surface area contributed by atoms with Crippen LogP contribution in [0.2, 0.25) is 0 Å². The first-order valence-electron chi connectivity index (χ1n) is 7.01. The molecule has 1 aromatic heterocycles. The van der Waals surface area contributed by atoms with E-state index in [0.29, 0.717) is 26.2 Å². The number of rotatable bonds is 6. The minimum absolute atomic E-state index is 0.266. The second-order valence-corrected chi connectivity index (χ2v) is 5.71. The molecule has 0 aliphatic heterocycles. The van der Waals surface area contributed by atoms with Crippen LogP contribution in [-0.4, -0.2) is 46.2 Å². The molecule has 0 saturated carbocycles. The summed E-state index contributed by atoms with van der Waals surface area (Å²) in [5.41, 5.74) is 1.62. The zero-order valence-electron chi connectivity index (χ0n) is 13.1. The number of aromatic nitrogens is 2. The number of likely N-dealkylation sites (N-methyl/N-ethyl adjacent to an activating group) is 1. The predicted molar refractivity (Wildman–Crippen MR) is 78.5 cm³/mol. The number of carbonyl (C=O) groups excluding carboxylic acids is 1. The molecule has 0 radical (unpaired) electrons. The van der Waals surface area contributed by atoms with Gasteiger partial charge in [0.15, 0.2) is 0 Å². The summed E-state index contributed by atoms with van der Waals surface area (Å²) in [6, 6.07) is 0. The smallest absolute Gasteiger partial charge is 0.410 e. The average Bonchev–Trinajstić information content (AvgIpc) is 2.72. The Kier molecular flexibility index (Phi) is 6.01. The molecule has 0 bridgehead atoms. The lowest BCUT2D eigenvalue weighted by molar-refractivity contribution is 0.0262. The van der Waals surface area contributed by atoms with Gasteiger partial charge in [-0.1, -0.05) is 0 Å². The average molecular weight is 282 g/mol. The highest BCUT2D eigenvalue weighted by Gasteiger charge is 2.20. The molecule has 0 atom stereocenters. The Morgan fingerprint density at radius 2 is 2.20 bits per heavy atom. The largest absolute Gasteiger partial charge is 0.444 e. The number of nitrogens with one attached hydrogen (secondary N) is 2. The summed E-state index contributed by atoms with van der Waals surface area (Å²) in [6.07, 6.45) is 1.42. The van der Waals surface area contributed by atoms with Gasteiger partial charge in [0.25, 0.3) is 0 Å². The number of H-pyrrole nitrogens is 1. The van der Waals surface area contributed by atoms with E-state index in [0.717, 1.165) is 11.4 Å². The molecule has 0 unspecified atom stereocenters. The van der Waals surface area contributed by atoms with Crippen molar-refractivity contribution >= 4 is 6.09 Å². The van der Waals surface area contributed by atoms with Crippen LogP contribution < -0.4 is 5.32 Å². The molecule has 1 aromatic rings. The van der Waals surface area contributed by atoms with E-state index in [9.17, 15) is 4.79 Å². The van der Waals surface area contributed by atoms with E-state index in [1.807, 2.05) is 34.6 Å². The maximum absolute atomic E-state index is 11.9. The number of amides is 1. The van der Waals surface area contributed by atoms with Gasteiger partial charge in [0.1, 0.15) is 5.60 Å². The van der Waals surface area contributed by atoms with E-state index < -0.39 is 5.60 Å². The maximum Gasteiger partial charge on any atom is 0.410 e. The van der Waals surface area contributed by atoms with Crippen molar-refractivity contribution in [1.29, 1.82) is 0 Å². The third-order valence-electron chi connectivity index (χ3n) is 2.82. The van der Waals surface area contributed by atoms with Gasteiger partial charge in [0, 0.05) is 31.9 Å². The van der Waals surface area contributed by atoms with E-state index in [4.69, 9.17) is 4.74 Å².